The topological polar surface area (TPSA) is 33.1 Å². The summed E-state index contributed by atoms with van der Waals surface area (Å²) in [5.74, 6) is -0.227. The molecule has 0 saturated carbocycles. The van der Waals surface area contributed by atoms with Crippen molar-refractivity contribution in [1.82, 2.24) is 4.98 Å². The van der Waals surface area contributed by atoms with Gasteiger partial charge in [0, 0.05) is 12.6 Å². The molecular formula is C15H22FNO. The molecule has 1 N–H and O–H groups in total. The van der Waals surface area contributed by atoms with Crippen LogP contribution in [0.2, 0.25) is 0 Å². The van der Waals surface area contributed by atoms with Crippen molar-refractivity contribution in [2.45, 2.75) is 40.7 Å². The second-order valence-corrected chi connectivity index (χ2v) is 3.54. The van der Waals surface area contributed by atoms with Gasteiger partial charge >= 0.3 is 0 Å². The van der Waals surface area contributed by atoms with Gasteiger partial charge in [-0.25, -0.2) is 4.39 Å². The van der Waals surface area contributed by atoms with Gasteiger partial charge in [-0.05, 0) is 37.1 Å². The van der Waals surface area contributed by atoms with E-state index in [0.717, 1.165) is 16.8 Å². The van der Waals surface area contributed by atoms with Crippen molar-refractivity contribution in [3.8, 4) is 0 Å². The third-order valence-electron chi connectivity index (χ3n) is 2.28. The van der Waals surface area contributed by atoms with Gasteiger partial charge in [0.1, 0.15) is 0 Å². The van der Waals surface area contributed by atoms with E-state index in [1.807, 2.05) is 32.9 Å². The highest BCUT2D eigenvalue weighted by Gasteiger charge is 2.04. The van der Waals surface area contributed by atoms with Gasteiger partial charge in [-0.2, -0.15) is 0 Å². The number of aromatic nitrogens is 1. The summed E-state index contributed by atoms with van der Waals surface area (Å²) in [7, 11) is 0. The molecule has 0 aliphatic carbocycles. The molecule has 0 bridgehead atoms. The van der Waals surface area contributed by atoms with E-state index in [9.17, 15) is 4.39 Å². The Balaban J connectivity index is 0.00000137. The Kier molecular flexibility index (Phi) is 8.76. The minimum atomic E-state index is -0.227. The molecular weight excluding hydrogens is 229 g/mol. The third kappa shape index (κ3) is 5.73. The van der Waals surface area contributed by atoms with Crippen LogP contribution in [0.5, 0.6) is 0 Å². The Morgan fingerprint density at radius 3 is 2.61 bits per heavy atom. The van der Waals surface area contributed by atoms with E-state index in [1.54, 1.807) is 12.3 Å². The summed E-state index contributed by atoms with van der Waals surface area (Å²) in [4.78, 5) is 4.19. The van der Waals surface area contributed by atoms with Gasteiger partial charge in [0.15, 0.2) is 0 Å². The first kappa shape index (κ1) is 16.5. The Morgan fingerprint density at radius 1 is 1.44 bits per heavy atom. The molecule has 0 spiro atoms. The number of pyridine rings is 1. The second kappa shape index (κ2) is 9.54. The van der Waals surface area contributed by atoms with Crippen molar-refractivity contribution < 1.29 is 9.50 Å². The maximum atomic E-state index is 12.8. The summed E-state index contributed by atoms with van der Waals surface area (Å²) in [5.41, 5.74) is 2.43. The number of aliphatic hydroxyl groups is 1. The fourth-order valence-electron chi connectivity index (χ4n) is 1.46. The predicted octanol–water partition coefficient (Wildman–Crippen LogP) is 3.96. The van der Waals surface area contributed by atoms with Gasteiger partial charge in [0.05, 0.1) is 18.1 Å². The quantitative estimate of drug-likeness (QED) is 0.822. The van der Waals surface area contributed by atoms with E-state index < -0.39 is 0 Å². The van der Waals surface area contributed by atoms with Crippen molar-refractivity contribution in [2.24, 2.45) is 0 Å². The monoisotopic (exact) mass is 251 g/mol. The molecule has 0 saturated heterocycles. The molecule has 0 aromatic carbocycles. The van der Waals surface area contributed by atoms with Crippen LogP contribution in [-0.4, -0.2) is 10.1 Å². The average molecular weight is 251 g/mol. The number of allylic oxidation sites excluding steroid dienone is 4. The molecule has 1 heterocycles. The van der Waals surface area contributed by atoms with Crippen molar-refractivity contribution in [1.29, 1.82) is 0 Å². The van der Waals surface area contributed by atoms with E-state index in [0.29, 0.717) is 6.42 Å². The standard InChI is InChI=1S/C13H16FNO.C2H6/c1-3-11(7-10(2)14)8-13-12(9-16)5-4-6-15-13;1-2/h3-7,16H,8-9H2,1-2H3;1-2H3/b10-7+,11-3+;. The predicted molar refractivity (Wildman–Crippen MR) is 73.8 cm³/mol. The first-order valence-corrected chi connectivity index (χ1v) is 6.20. The molecule has 0 aliphatic heterocycles. The lowest BCUT2D eigenvalue weighted by Gasteiger charge is -2.06. The maximum Gasteiger partial charge on any atom is 0.0971 e. The zero-order valence-corrected chi connectivity index (χ0v) is 11.6. The van der Waals surface area contributed by atoms with Gasteiger partial charge in [0.2, 0.25) is 0 Å². The summed E-state index contributed by atoms with van der Waals surface area (Å²) < 4.78 is 12.8. The first-order valence-electron chi connectivity index (χ1n) is 6.20. The Bertz CT molecular complexity index is 407. The second-order valence-electron chi connectivity index (χ2n) is 3.54. The summed E-state index contributed by atoms with van der Waals surface area (Å²) in [5, 5.41) is 9.14. The molecule has 1 rings (SSSR count). The lowest BCUT2D eigenvalue weighted by atomic mass is 10.1. The van der Waals surface area contributed by atoms with E-state index in [1.165, 1.54) is 13.0 Å². The van der Waals surface area contributed by atoms with Crippen LogP contribution in [0.4, 0.5) is 4.39 Å². The Labute approximate surface area is 109 Å². The van der Waals surface area contributed by atoms with Crippen LogP contribution in [0.15, 0.2) is 41.9 Å². The minimum absolute atomic E-state index is 0.0432. The molecule has 3 heteroatoms. The molecule has 0 amide bonds. The molecule has 1 aromatic heterocycles. The largest absolute Gasteiger partial charge is 0.392 e. The smallest absolute Gasteiger partial charge is 0.0971 e. The van der Waals surface area contributed by atoms with Crippen LogP contribution in [0.25, 0.3) is 0 Å². The minimum Gasteiger partial charge on any atom is -0.392 e. The van der Waals surface area contributed by atoms with Gasteiger partial charge in [0.25, 0.3) is 0 Å². The fourth-order valence-corrected chi connectivity index (χ4v) is 1.46. The fraction of sp³-hybridized carbons (Fsp3) is 0.400. The van der Waals surface area contributed by atoms with Crippen molar-refractivity contribution in [3.63, 3.8) is 0 Å². The maximum absolute atomic E-state index is 12.8. The number of halogens is 1. The number of hydrogen-bond acceptors (Lipinski definition) is 2. The Morgan fingerprint density at radius 2 is 2.11 bits per heavy atom. The molecule has 2 nitrogen and oxygen atoms in total. The highest BCUT2D eigenvalue weighted by molar-refractivity contribution is 5.29. The Hall–Kier alpha value is -1.48. The van der Waals surface area contributed by atoms with Gasteiger partial charge in [-0.1, -0.05) is 26.0 Å². The SMILES string of the molecule is C/C=C(\C=C(/C)F)Cc1ncccc1CO.CC. The average Bonchev–Trinajstić information content (AvgIpc) is 2.40. The zero-order chi connectivity index (χ0) is 14.0. The van der Waals surface area contributed by atoms with Gasteiger partial charge in [-0.15, -0.1) is 0 Å². The molecule has 0 radical (unpaired) electrons. The molecule has 0 fully saturated rings. The highest BCUT2D eigenvalue weighted by atomic mass is 19.1. The lowest BCUT2D eigenvalue weighted by molar-refractivity contribution is 0.280. The molecule has 18 heavy (non-hydrogen) atoms. The van der Waals surface area contributed by atoms with Crippen LogP contribution in [0, 0.1) is 0 Å². The number of hydrogen-bond donors (Lipinski definition) is 1. The number of nitrogens with zero attached hydrogens (tertiary/aromatic N) is 1. The zero-order valence-electron chi connectivity index (χ0n) is 11.6. The van der Waals surface area contributed by atoms with Crippen LogP contribution in [0.1, 0.15) is 39.0 Å². The van der Waals surface area contributed by atoms with E-state index in [2.05, 4.69) is 4.98 Å². The number of aliphatic hydroxyl groups excluding tert-OH is 1. The molecule has 1 aromatic rings. The van der Waals surface area contributed by atoms with E-state index in [4.69, 9.17) is 5.11 Å². The molecule has 0 unspecified atom stereocenters. The van der Waals surface area contributed by atoms with Crippen LogP contribution in [0.3, 0.4) is 0 Å². The summed E-state index contributed by atoms with van der Waals surface area (Å²) in [6, 6.07) is 3.60. The van der Waals surface area contributed by atoms with Crippen LogP contribution >= 0.6 is 0 Å². The summed E-state index contributed by atoms with van der Waals surface area (Å²) in [6.07, 6.45) is 5.54. The van der Waals surface area contributed by atoms with E-state index >= 15 is 0 Å². The normalized spacial score (nSPS) is 11.9. The first-order chi connectivity index (χ1) is 8.67. The van der Waals surface area contributed by atoms with E-state index in [-0.39, 0.29) is 12.4 Å². The van der Waals surface area contributed by atoms with Crippen molar-refractivity contribution in [2.75, 3.05) is 0 Å². The molecule has 0 aliphatic rings. The number of rotatable bonds is 4. The highest BCUT2D eigenvalue weighted by Crippen LogP contribution is 2.13. The van der Waals surface area contributed by atoms with Gasteiger partial charge < -0.3 is 5.11 Å². The third-order valence-corrected chi connectivity index (χ3v) is 2.28. The van der Waals surface area contributed by atoms with Gasteiger partial charge in [-0.3, -0.25) is 4.98 Å². The summed E-state index contributed by atoms with van der Waals surface area (Å²) in [6.45, 7) is 7.23. The lowest BCUT2D eigenvalue weighted by Crippen LogP contribution is -1.99. The van der Waals surface area contributed by atoms with Crippen molar-refractivity contribution >= 4 is 0 Å². The molecule has 100 valence electrons. The molecule has 0 atom stereocenters. The van der Waals surface area contributed by atoms with Crippen LogP contribution in [-0.2, 0) is 13.0 Å². The van der Waals surface area contributed by atoms with Crippen LogP contribution < -0.4 is 0 Å². The summed E-state index contributed by atoms with van der Waals surface area (Å²) >= 11 is 0. The van der Waals surface area contributed by atoms with Crippen molar-refractivity contribution in [3.05, 3.63) is 53.1 Å².